The number of hydrogen-bond donors (Lipinski definition) is 3. The molecule has 0 saturated heterocycles. The molecule has 0 bridgehead atoms. The first kappa shape index (κ1) is 19.7. The quantitative estimate of drug-likeness (QED) is 0.409. The van der Waals surface area contributed by atoms with Crippen LogP contribution >= 0.6 is 0 Å². The maximum Gasteiger partial charge on any atom is 0.225 e. The van der Waals surface area contributed by atoms with Gasteiger partial charge in [0.2, 0.25) is 16.0 Å². The lowest BCUT2D eigenvalue weighted by Gasteiger charge is -2.11. The number of nitrogens with one attached hydrogen (secondary N) is 3. The minimum absolute atomic E-state index is 0.252. The minimum atomic E-state index is -3.22. The summed E-state index contributed by atoms with van der Waals surface area (Å²) in [6, 6.07) is 11.6. The predicted molar refractivity (Wildman–Crippen MR) is 119 cm³/mol. The third-order valence-corrected chi connectivity index (χ3v) is 6.08. The molecule has 0 atom stereocenters. The second kappa shape index (κ2) is 7.47. The van der Waals surface area contributed by atoms with E-state index in [1.807, 2.05) is 43.6 Å². The Morgan fingerprint density at radius 1 is 1.16 bits per heavy atom. The first-order valence-electron chi connectivity index (χ1n) is 10.1. The van der Waals surface area contributed by atoms with E-state index >= 15 is 0 Å². The van der Waals surface area contributed by atoms with E-state index in [2.05, 4.69) is 36.4 Å². The van der Waals surface area contributed by atoms with E-state index in [-0.39, 0.29) is 6.54 Å². The molecule has 2 aromatic heterocycles. The molecule has 0 amide bonds. The van der Waals surface area contributed by atoms with Gasteiger partial charge in [-0.1, -0.05) is 24.3 Å². The van der Waals surface area contributed by atoms with E-state index in [9.17, 15) is 8.42 Å². The molecule has 0 aliphatic heterocycles. The van der Waals surface area contributed by atoms with Gasteiger partial charge in [-0.05, 0) is 42.0 Å². The van der Waals surface area contributed by atoms with Crippen molar-refractivity contribution in [1.29, 1.82) is 0 Å². The smallest absolute Gasteiger partial charge is 0.225 e. The molecule has 160 valence electrons. The number of aryl methyl sites for hydroxylation is 1. The largest absolute Gasteiger partial charge is 0.324 e. The molecule has 5 rings (SSSR count). The van der Waals surface area contributed by atoms with Crippen molar-refractivity contribution in [3.63, 3.8) is 0 Å². The first-order valence-corrected chi connectivity index (χ1v) is 11.9. The number of sulfonamides is 1. The van der Waals surface area contributed by atoms with E-state index in [1.165, 1.54) is 18.4 Å². The zero-order valence-corrected chi connectivity index (χ0v) is 18.1. The summed E-state index contributed by atoms with van der Waals surface area (Å²) in [7, 11) is -1.37. The normalized spacial score (nSPS) is 14.3. The van der Waals surface area contributed by atoms with Crippen molar-refractivity contribution >= 4 is 32.6 Å². The van der Waals surface area contributed by atoms with Crippen molar-refractivity contribution in [2.45, 2.75) is 25.3 Å². The van der Waals surface area contributed by atoms with Gasteiger partial charge in [0.05, 0.1) is 18.0 Å². The Morgan fingerprint density at radius 3 is 2.65 bits per heavy atom. The maximum absolute atomic E-state index is 11.3. The highest BCUT2D eigenvalue weighted by atomic mass is 32.2. The second-order valence-electron chi connectivity index (χ2n) is 7.93. The maximum atomic E-state index is 11.3. The van der Waals surface area contributed by atoms with Crippen LogP contribution in [0.4, 0.5) is 11.6 Å². The summed E-state index contributed by atoms with van der Waals surface area (Å²) in [5, 5.41) is 16.4. The lowest BCUT2D eigenvalue weighted by atomic mass is 10.0. The summed E-state index contributed by atoms with van der Waals surface area (Å²) in [6.07, 6.45) is 5.40. The number of hydrogen-bond acceptors (Lipinski definition) is 6. The van der Waals surface area contributed by atoms with Gasteiger partial charge in [-0.2, -0.15) is 10.1 Å². The highest BCUT2D eigenvalue weighted by molar-refractivity contribution is 7.88. The summed E-state index contributed by atoms with van der Waals surface area (Å²) in [4.78, 5) is 4.68. The molecule has 1 aliphatic carbocycles. The Labute approximate surface area is 179 Å². The Balaban J connectivity index is 1.39. The molecule has 10 heteroatoms. The van der Waals surface area contributed by atoms with Crippen LogP contribution in [0.3, 0.4) is 0 Å². The Morgan fingerprint density at radius 2 is 1.94 bits per heavy atom. The fourth-order valence-electron chi connectivity index (χ4n) is 3.68. The number of anilines is 2. The molecular formula is C21H23N7O2S. The monoisotopic (exact) mass is 437 g/mol. The number of rotatable bonds is 7. The fraction of sp³-hybridized carbons (Fsp3) is 0.286. The van der Waals surface area contributed by atoms with Gasteiger partial charge in [0, 0.05) is 30.2 Å². The molecule has 4 aromatic rings. The molecule has 1 saturated carbocycles. The average Bonchev–Trinajstić information content (AvgIpc) is 3.34. The van der Waals surface area contributed by atoms with Crippen LogP contribution < -0.4 is 10.0 Å². The first-order chi connectivity index (χ1) is 14.9. The fourth-order valence-corrected chi connectivity index (χ4v) is 4.11. The molecule has 2 aromatic carbocycles. The zero-order valence-electron chi connectivity index (χ0n) is 17.3. The van der Waals surface area contributed by atoms with Crippen molar-refractivity contribution in [1.82, 2.24) is 29.7 Å². The topological polar surface area (TPSA) is 118 Å². The van der Waals surface area contributed by atoms with Gasteiger partial charge in [0.25, 0.3) is 0 Å². The highest BCUT2D eigenvalue weighted by Gasteiger charge is 2.29. The summed E-state index contributed by atoms with van der Waals surface area (Å²) in [5.41, 5.74) is 5.07. The van der Waals surface area contributed by atoms with E-state index in [1.54, 1.807) is 4.68 Å². The van der Waals surface area contributed by atoms with Crippen LogP contribution in [0.25, 0.3) is 22.3 Å². The Kier molecular flexibility index (Phi) is 4.75. The summed E-state index contributed by atoms with van der Waals surface area (Å²) < 4.78 is 26.7. The number of nitrogens with zero attached hydrogens (tertiary/aromatic N) is 4. The van der Waals surface area contributed by atoms with Gasteiger partial charge in [0.15, 0.2) is 5.82 Å². The zero-order chi connectivity index (χ0) is 21.6. The van der Waals surface area contributed by atoms with Crippen molar-refractivity contribution < 1.29 is 8.42 Å². The van der Waals surface area contributed by atoms with Crippen molar-refractivity contribution in [3.05, 3.63) is 53.7 Å². The van der Waals surface area contributed by atoms with Crippen LogP contribution in [0.15, 0.2) is 42.6 Å². The van der Waals surface area contributed by atoms with E-state index in [0.717, 1.165) is 34.0 Å². The molecular weight excluding hydrogens is 414 g/mol. The molecule has 2 heterocycles. The Hall–Kier alpha value is -3.24. The van der Waals surface area contributed by atoms with Gasteiger partial charge in [-0.25, -0.2) is 17.8 Å². The minimum Gasteiger partial charge on any atom is -0.324 e. The van der Waals surface area contributed by atoms with Gasteiger partial charge in [-0.15, -0.1) is 5.10 Å². The summed E-state index contributed by atoms with van der Waals surface area (Å²) in [5.74, 6) is 1.80. The number of aromatic nitrogens is 5. The van der Waals surface area contributed by atoms with Crippen molar-refractivity contribution in [2.75, 3.05) is 11.6 Å². The van der Waals surface area contributed by atoms with E-state index in [4.69, 9.17) is 0 Å². The van der Waals surface area contributed by atoms with Crippen LogP contribution in [0.5, 0.6) is 0 Å². The number of H-pyrrole nitrogens is 1. The van der Waals surface area contributed by atoms with Gasteiger partial charge >= 0.3 is 0 Å². The average molecular weight is 438 g/mol. The lowest BCUT2D eigenvalue weighted by molar-refractivity contribution is 0.587. The van der Waals surface area contributed by atoms with Crippen LogP contribution in [0, 0.1) is 0 Å². The summed E-state index contributed by atoms with van der Waals surface area (Å²) >= 11 is 0. The Bertz CT molecular complexity index is 1350. The lowest BCUT2D eigenvalue weighted by Crippen LogP contribution is -2.21. The number of benzene rings is 2. The molecule has 1 fully saturated rings. The molecule has 0 radical (unpaired) electrons. The predicted octanol–water partition coefficient (Wildman–Crippen LogP) is 3.03. The van der Waals surface area contributed by atoms with Gasteiger partial charge in [0.1, 0.15) is 0 Å². The van der Waals surface area contributed by atoms with Crippen LogP contribution in [0.1, 0.15) is 29.9 Å². The number of fused-ring (bicyclic) bond motifs is 1. The molecule has 31 heavy (non-hydrogen) atoms. The molecule has 0 unspecified atom stereocenters. The van der Waals surface area contributed by atoms with Crippen molar-refractivity contribution in [3.8, 4) is 11.4 Å². The van der Waals surface area contributed by atoms with Gasteiger partial charge < -0.3 is 5.32 Å². The third kappa shape index (κ3) is 4.17. The molecule has 1 aliphatic rings. The number of aromatic amines is 1. The molecule has 3 N–H and O–H groups in total. The van der Waals surface area contributed by atoms with E-state index < -0.39 is 10.0 Å². The highest BCUT2D eigenvalue weighted by Crippen LogP contribution is 2.47. The second-order valence-corrected chi connectivity index (χ2v) is 9.76. The standard InChI is InChI=1S/C21H23N7O2S/c1-28-21(24-18-10-9-17-16(12-22-26-17)19(18)14-7-8-14)25-20(27-28)15-5-3-13(4-6-15)11-23-31(2,29)30/h3-6,9-10,12,14,23H,7-8,11H2,1-2H3,(H,22,26)(H,24,25,27). The van der Waals surface area contributed by atoms with Crippen molar-refractivity contribution in [2.24, 2.45) is 7.05 Å². The third-order valence-electron chi connectivity index (χ3n) is 5.41. The van der Waals surface area contributed by atoms with Crippen LogP contribution in [0.2, 0.25) is 0 Å². The van der Waals surface area contributed by atoms with Crippen LogP contribution in [-0.2, 0) is 23.6 Å². The van der Waals surface area contributed by atoms with Crippen LogP contribution in [-0.4, -0.2) is 39.6 Å². The molecule has 9 nitrogen and oxygen atoms in total. The summed E-state index contributed by atoms with van der Waals surface area (Å²) in [6.45, 7) is 0.252. The molecule has 0 spiro atoms. The van der Waals surface area contributed by atoms with Gasteiger partial charge in [-0.3, -0.25) is 5.10 Å². The van der Waals surface area contributed by atoms with E-state index in [0.29, 0.717) is 17.7 Å². The SMILES string of the molecule is Cn1nc(-c2ccc(CNS(C)(=O)=O)cc2)nc1Nc1ccc2[nH]ncc2c1C1CC1.